The first-order valence-electron chi connectivity index (χ1n) is 5.82. The van der Waals surface area contributed by atoms with Gasteiger partial charge in [0.05, 0.1) is 18.5 Å². The van der Waals surface area contributed by atoms with E-state index in [2.05, 4.69) is 9.97 Å². The second kappa shape index (κ2) is 4.27. The Morgan fingerprint density at radius 2 is 2.11 bits per heavy atom. The maximum Gasteiger partial charge on any atom is 0.149 e. The molecule has 0 saturated heterocycles. The van der Waals surface area contributed by atoms with Gasteiger partial charge in [0.15, 0.2) is 0 Å². The minimum absolute atomic E-state index is 0.390. The summed E-state index contributed by atoms with van der Waals surface area (Å²) >= 11 is 0. The van der Waals surface area contributed by atoms with E-state index in [1.807, 2.05) is 29.2 Å². The van der Waals surface area contributed by atoms with Crippen molar-refractivity contribution < 1.29 is 5.11 Å². The number of hydrogen-bond acceptors (Lipinski definition) is 5. The quantitative estimate of drug-likeness (QED) is 0.783. The molecule has 1 aromatic carbocycles. The van der Waals surface area contributed by atoms with Crippen LogP contribution < -0.4 is 10.6 Å². The van der Waals surface area contributed by atoms with E-state index in [1.165, 1.54) is 6.20 Å². The van der Waals surface area contributed by atoms with E-state index in [9.17, 15) is 5.11 Å². The van der Waals surface area contributed by atoms with E-state index in [4.69, 9.17) is 5.73 Å². The van der Waals surface area contributed by atoms with Crippen LogP contribution in [0.25, 0.3) is 0 Å². The number of aliphatic hydroxyl groups is 1. The van der Waals surface area contributed by atoms with Crippen molar-refractivity contribution in [3.8, 4) is 0 Å². The highest BCUT2D eigenvalue weighted by Crippen LogP contribution is 2.28. The van der Waals surface area contributed by atoms with Crippen molar-refractivity contribution in [1.82, 2.24) is 9.97 Å². The molecule has 3 rings (SSSR count). The fraction of sp³-hybridized carbons (Fsp3) is 0.231. The number of nitrogens with two attached hydrogens (primary N) is 1. The van der Waals surface area contributed by atoms with Gasteiger partial charge in [0.1, 0.15) is 11.6 Å². The minimum Gasteiger partial charge on any atom is -0.387 e. The van der Waals surface area contributed by atoms with Gasteiger partial charge in [-0.15, -0.1) is 0 Å². The molecule has 1 aliphatic rings. The molecule has 0 spiro atoms. The van der Waals surface area contributed by atoms with Gasteiger partial charge in [-0.25, -0.2) is 4.98 Å². The third-order valence-corrected chi connectivity index (χ3v) is 3.13. The summed E-state index contributed by atoms with van der Waals surface area (Å²) in [4.78, 5) is 10.2. The predicted octanol–water partition coefficient (Wildman–Crippen LogP) is 1.11. The maximum absolute atomic E-state index is 10.1. The van der Waals surface area contributed by atoms with Crippen LogP contribution in [-0.4, -0.2) is 21.6 Å². The van der Waals surface area contributed by atoms with Crippen LogP contribution in [-0.2, 0) is 6.54 Å². The fourth-order valence-corrected chi connectivity index (χ4v) is 2.28. The lowest BCUT2D eigenvalue weighted by molar-refractivity contribution is 0.175. The number of benzene rings is 1. The molecule has 0 amide bonds. The third-order valence-electron chi connectivity index (χ3n) is 3.13. The molecule has 5 heteroatoms. The van der Waals surface area contributed by atoms with E-state index in [0.717, 1.165) is 11.1 Å². The van der Waals surface area contributed by atoms with Crippen LogP contribution >= 0.6 is 0 Å². The van der Waals surface area contributed by atoms with E-state index in [-0.39, 0.29) is 0 Å². The molecule has 0 fully saturated rings. The van der Waals surface area contributed by atoms with Crippen LogP contribution in [0.1, 0.15) is 17.2 Å². The monoisotopic (exact) mass is 242 g/mol. The summed E-state index contributed by atoms with van der Waals surface area (Å²) in [5.41, 5.74) is 7.73. The average molecular weight is 242 g/mol. The van der Waals surface area contributed by atoms with Gasteiger partial charge < -0.3 is 15.7 Å². The number of hydrogen-bond donors (Lipinski definition) is 2. The Hall–Kier alpha value is -2.14. The zero-order valence-corrected chi connectivity index (χ0v) is 9.82. The Bertz CT molecular complexity index is 572. The molecular weight excluding hydrogens is 228 g/mol. The van der Waals surface area contributed by atoms with Gasteiger partial charge in [-0.05, 0) is 11.1 Å². The lowest BCUT2D eigenvalue weighted by atomic mass is 9.97. The summed E-state index contributed by atoms with van der Waals surface area (Å²) < 4.78 is 0. The average Bonchev–Trinajstić information content (AvgIpc) is 2.39. The van der Waals surface area contributed by atoms with Crippen molar-refractivity contribution in [3.63, 3.8) is 0 Å². The molecular formula is C13H14N4O. The smallest absolute Gasteiger partial charge is 0.149 e. The number of fused-ring (bicyclic) bond motifs is 1. The number of nitrogen functional groups attached to an aromatic ring is 1. The largest absolute Gasteiger partial charge is 0.387 e. The second-order valence-electron chi connectivity index (χ2n) is 4.40. The van der Waals surface area contributed by atoms with Crippen molar-refractivity contribution in [1.29, 1.82) is 0 Å². The van der Waals surface area contributed by atoms with Crippen molar-refractivity contribution in [2.45, 2.75) is 12.6 Å². The van der Waals surface area contributed by atoms with E-state index in [1.54, 1.807) is 6.20 Å². The normalized spacial score (nSPS) is 18.5. The SMILES string of the molecule is Nc1cncc(N2Cc3ccccc3C(O)C2)n1. The first-order chi connectivity index (χ1) is 8.74. The number of β-amino-alcohol motifs (C(OH)–C–C–N with tert-alkyl or cyclic N) is 1. The fourth-order valence-electron chi connectivity index (χ4n) is 2.28. The summed E-state index contributed by atoms with van der Waals surface area (Å²) in [6.45, 7) is 1.22. The molecule has 18 heavy (non-hydrogen) atoms. The van der Waals surface area contributed by atoms with Gasteiger partial charge in [-0.1, -0.05) is 24.3 Å². The maximum atomic E-state index is 10.1. The zero-order valence-electron chi connectivity index (χ0n) is 9.82. The summed E-state index contributed by atoms with van der Waals surface area (Å²) in [5, 5.41) is 10.1. The molecule has 5 nitrogen and oxygen atoms in total. The Balaban J connectivity index is 1.94. The van der Waals surface area contributed by atoms with Gasteiger partial charge in [0, 0.05) is 13.1 Å². The summed E-state index contributed by atoms with van der Waals surface area (Å²) in [6, 6.07) is 7.89. The predicted molar refractivity (Wildman–Crippen MR) is 68.9 cm³/mol. The van der Waals surface area contributed by atoms with Crippen molar-refractivity contribution in [2.75, 3.05) is 17.2 Å². The molecule has 1 unspecified atom stereocenters. The van der Waals surface area contributed by atoms with Crippen LogP contribution in [0.2, 0.25) is 0 Å². The molecule has 3 N–H and O–H groups in total. The van der Waals surface area contributed by atoms with E-state index < -0.39 is 6.10 Å². The number of rotatable bonds is 1. The number of aromatic nitrogens is 2. The zero-order chi connectivity index (χ0) is 12.5. The topological polar surface area (TPSA) is 75.3 Å². The van der Waals surface area contributed by atoms with E-state index in [0.29, 0.717) is 24.7 Å². The summed E-state index contributed by atoms with van der Waals surface area (Å²) in [5.74, 6) is 1.09. The van der Waals surface area contributed by atoms with Gasteiger partial charge >= 0.3 is 0 Å². The lowest BCUT2D eigenvalue weighted by Crippen LogP contribution is -2.34. The highest BCUT2D eigenvalue weighted by Gasteiger charge is 2.24. The van der Waals surface area contributed by atoms with Crippen LogP contribution in [0.15, 0.2) is 36.7 Å². The van der Waals surface area contributed by atoms with Crippen molar-refractivity contribution >= 4 is 11.6 Å². The molecule has 0 saturated carbocycles. The Labute approximate surface area is 105 Å². The molecule has 0 bridgehead atoms. The van der Waals surface area contributed by atoms with Crippen molar-refractivity contribution in [2.24, 2.45) is 0 Å². The van der Waals surface area contributed by atoms with Crippen LogP contribution in [0.3, 0.4) is 0 Å². The summed E-state index contributed by atoms with van der Waals surface area (Å²) in [7, 11) is 0. The number of aliphatic hydroxyl groups excluding tert-OH is 1. The van der Waals surface area contributed by atoms with Gasteiger partial charge in [-0.2, -0.15) is 0 Å². The first kappa shape index (κ1) is 11.0. The Kier molecular flexibility index (Phi) is 2.60. The molecule has 0 radical (unpaired) electrons. The van der Waals surface area contributed by atoms with E-state index >= 15 is 0 Å². The highest BCUT2D eigenvalue weighted by atomic mass is 16.3. The third kappa shape index (κ3) is 1.89. The van der Waals surface area contributed by atoms with Crippen LogP contribution in [0.5, 0.6) is 0 Å². The standard InChI is InChI=1S/C13H14N4O/c14-12-5-15-6-13(16-12)17-7-9-3-1-2-4-10(9)11(18)8-17/h1-6,11,18H,7-8H2,(H2,14,16). The number of nitrogens with zero attached hydrogens (tertiary/aromatic N) is 3. The summed E-state index contributed by atoms with van der Waals surface area (Å²) in [6.07, 6.45) is 2.67. The number of anilines is 2. The molecule has 2 heterocycles. The second-order valence-corrected chi connectivity index (χ2v) is 4.40. The molecule has 1 atom stereocenters. The molecule has 92 valence electrons. The molecule has 0 aliphatic carbocycles. The van der Waals surface area contributed by atoms with Gasteiger partial charge in [0.25, 0.3) is 0 Å². The molecule has 1 aromatic heterocycles. The Morgan fingerprint density at radius 1 is 1.28 bits per heavy atom. The highest BCUT2D eigenvalue weighted by molar-refractivity contribution is 5.46. The van der Waals surface area contributed by atoms with Crippen LogP contribution in [0.4, 0.5) is 11.6 Å². The van der Waals surface area contributed by atoms with Crippen LogP contribution in [0, 0.1) is 0 Å². The lowest BCUT2D eigenvalue weighted by Gasteiger charge is -2.32. The minimum atomic E-state index is -0.502. The van der Waals surface area contributed by atoms with Gasteiger partial charge in [-0.3, -0.25) is 4.98 Å². The molecule has 2 aromatic rings. The first-order valence-corrected chi connectivity index (χ1v) is 5.82. The van der Waals surface area contributed by atoms with Gasteiger partial charge in [0.2, 0.25) is 0 Å². The molecule has 1 aliphatic heterocycles. The van der Waals surface area contributed by atoms with Crippen molar-refractivity contribution in [3.05, 3.63) is 47.8 Å². The Morgan fingerprint density at radius 3 is 2.94 bits per heavy atom.